The summed E-state index contributed by atoms with van der Waals surface area (Å²) < 4.78 is 5.62. The number of carbonyl (C=O) groups is 2. The maximum Gasteiger partial charge on any atom is 0.407 e. The molecule has 150 valence electrons. The molecule has 2 aliphatic carbocycles. The lowest BCUT2D eigenvalue weighted by Crippen LogP contribution is -2.51. The van der Waals surface area contributed by atoms with Gasteiger partial charge in [0.15, 0.2) is 0 Å². The fraction of sp³-hybridized carbons (Fsp3) is 0.200. The highest BCUT2D eigenvalue weighted by Gasteiger charge is 2.40. The second-order valence-corrected chi connectivity index (χ2v) is 8.36. The number of alkyl carbamates (subject to hydrolysis) is 1. The number of amides is 1. The van der Waals surface area contributed by atoms with Gasteiger partial charge in [-0.1, -0.05) is 72.3 Å². The standard InChI is InChI=1S/C25H20ClNO3/c26-23-11-5-6-16-12-25(15-28,13-21(16)23)27-24(29)30-14-22-19-9-3-1-7-17(19)18-8-2-4-10-20(18)22/h1-11,15,22H,12-14H2,(H,27,29). The van der Waals surface area contributed by atoms with E-state index in [2.05, 4.69) is 29.6 Å². The largest absolute Gasteiger partial charge is 0.449 e. The van der Waals surface area contributed by atoms with Crippen LogP contribution in [0.1, 0.15) is 28.2 Å². The lowest BCUT2D eigenvalue weighted by molar-refractivity contribution is -0.113. The zero-order chi connectivity index (χ0) is 20.7. The summed E-state index contributed by atoms with van der Waals surface area (Å²) in [5.74, 6) is -0.0226. The van der Waals surface area contributed by atoms with Crippen molar-refractivity contribution in [1.29, 1.82) is 0 Å². The molecule has 0 aliphatic heterocycles. The van der Waals surface area contributed by atoms with Gasteiger partial charge in [0.25, 0.3) is 0 Å². The Labute approximate surface area is 179 Å². The predicted molar refractivity (Wildman–Crippen MR) is 116 cm³/mol. The monoisotopic (exact) mass is 417 g/mol. The maximum absolute atomic E-state index is 12.7. The molecule has 3 aromatic rings. The van der Waals surface area contributed by atoms with Crippen molar-refractivity contribution < 1.29 is 14.3 Å². The second kappa shape index (κ2) is 7.29. The van der Waals surface area contributed by atoms with Crippen LogP contribution in [0.5, 0.6) is 0 Å². The highest BCUT2D eigenvalue weighted by molar-refractivity contribution is 6.31. The van der Waals surface area contributed by atoms with Gasteiger partial charge in [-0.2, -0.15) is 0 Å². The topological polar surface area (TPSA) is 55.4 Å². The normalized spacial score (nSPS) is 19.0. The molecule has 1 unspecified atom stereocenters. The lowest BCUT2D eigenvalue weighted by Gasteiger charge is -2.24. The summed E-state index contributed by atoms with van der Waals surface area (Å²) in [6, 6.07) is 22.0. The van der Waals surface area contributed by atoms with Crippen LogP contribution >= 0.6 is 11.6 Å². The number of aldehydes is 1. The first-order valence-corrected chi connectivity index (χ1v) is 10.3. The molecule has 0 fully saturated rings. The fourth-order valence-electron chi connectivity index (χ4n) is 4.72. The van der Waals surface area contributed by atoms with Crippen LogP contribution in [0.4, 0.5) is 4.79 Å². The average molecular weight is 418 g/mol. The molecule has 0 heterocycles. The van der Waals surface area contributed by atoms with Crippen molar-refractivity contribution in [2.45, 2.75) is 24.3 Å². The van der Waals surface area contributed by atoms with Gasteiger partial charge in [0.2, 0.25) is 0 Å². The third-order valence-corrected chi connectivity index (χ3v) is 6.49. The molecule has 4 nitrogen and oxygen atoms in total. The molecule has 0 aromatic heterocycles. The van der Waals surface area contributed by atoms with Crippen LogP contribution in [-0.2, 0) is 22.4 Å². The highest BCUT2D eigenvalue weighted by Crippen LogP contribution is 2.44. The van der Waals surface area contributed by atoms with Gasteiger partial charge in [-0.25, -0.2) is 4.79 Å². The van der Waals surface area contributed by atoms with E-state index >= 15 is 0 Å². The van der Waals surface area contributed by atoms with Crippen LogP contribution in [0.3, 0.4) is 0 Å². The van der Waals surface area contributed by atoms with Crippen LogP contribution in [0, 0.1) is 0 Å². The minimum absolute atomic E-state index is 0.0226. The van der Waals surface area contributed by atoms with E-state index in [9.17, 15) is 9.59 Å². The number of nitrogens with one attached hydrogen (secondary N) is 1. The Morgan fingerprint density at radius 2 is 1.67 bits per heavy atom. The summed E-state index contributed by atoms with van der Waals surface area (Å²) in [4.78, 5) is 24.6. The number of fused-ring (bicyclic) bond motifs is 4. The summed E-state index contributed by atoms with van der Waals surface area (Å²) in [6.45, 7) is 0.211. The zero-order valence-corrected chi connectivity index (χ0v) is 17.0. The number of hydrogen-bond donors (Lipinski definition) is 1. The van der Waals surface area contributed by atoms with E-state index in [1.165, 1.54) is 11.1 Å². The molecule has 0 bridgehead atoms. The average Bonchev–Trinajstić information content (AvgIpc) is 3.29. The van der Waals surface area contributed by atoms with Gasteiger partial charge in [0.05, 0.1) is 0 Å². The number of hydrogen-bond acceptors (Lipinski definition) is 3. The first-order valence-electron chi connectivity index (χ1n) is 9.96. The van der Waals surface area contributed by atoms with Gasteiger partial charge in [-0.05, 0) is 39.4 Å². The Hall–Kier alpha value is -3.11. The van der Waals surface area contributed by atoms with E-state index in [-0.39, 0.29) is 12.5 Å². The molecule has 1 atom stereocenters. The van der Waals surface area contributed by atoms with Crippen LogP contribution in [-0.4, -0.2) is 24.5 Å². The van der Waals surface area contributed by atoms with E-state index in [4.69, 9.17) is 16.3 Å². The van der Waals surface area contributed by atoms with Gasteiger partial charge < -0.3 is 14.8 Å². The van der Waals surface area contributed by atoms with Crippen molar-refractivity contribution in [2.75, 3.05) is 6.61 Å². The molecule has 1 N–H and O–H groups in total. The Morgan fingerprint density at radius 1 is 1.00 bits per heavy atom. The Balaban J connectivity index is 1.31. The minimum atomic E-state index is -1.02. The smallest absolute Gasteiger partial charge is 0.407 e. The van der Waals surface area contributed by atoms with E-state index < -0.39 is 11.6 Å². The zero-order valence-electron chi connectivity index (χ0n) is 16.2. The summed E-state index contributed by atoms with van der Waals surface area (Å²) >= 11 is 6.27. The molecule has 1 amide bonds. The van der Waals surface area contributed by atoms with E-state index in [1.807, 2.05) is 36.4 Å². The van der Waals surface area contributed by atoms with Gasteiger partial charge >= 0.3 is 6.09 Å². The van der Waals surface area contributed by atoms with Crippen molar-refractivity contribution in [3.63, 3.8) is 0 Å². The van der Waals surface area contributed by atoms with E-state index in [0.29, 0.717) is 17.9 Å². The molecular formula is C25H20ClNO3. The molecule has 30 heavy (non-hydrogen) atoms. The number of rotatable bonds is 4. The first kappa shape index (κ1) is 18.9. The minimum Gasteiger partial charge on any atom is -0.449 e. The van der Waals surface area contributed by atoms with Crippen molar-refractivity contribution in [2.24, 2.45) is 0 Å². The molecule has 5 rings (SSSR count). The molecule has 0 saturated carbocycles. The molecule has 0 radical (unpaired) electrons. The number of halogens is 1. The maximum atomic E-state index is 12.7. The van der Waals surface area contributed by atoms with E-state index in [0.717, 1.165) is 28.5 Å². The van der Waals surface area contributed by atoms with Crippen molar-refractivity contribution >= 4 is 24.0 Å². The molecule has 2 aliphatic rings. The van der Waals surface area contributed by atoms with Gasteiger partial charge in [0.1, 0.15) is 18.4 Å². The van der Waals surface area contributed by atoms with Crippen LogP contribution in [0.2, 0.25) is 5.02 Å². The summed E-state index contributed by atoms with van der Waals surface area (Å²) in [7, 11) is 0. The highest BCUT2D eigenvalue weighted by atomic mass is 35.5. The van der Waals surface area contributed by atoms with E-state index in [1.54, 1.807) is 6.07 Å². The molecular weight excluding hydrogens is 398 g/mol. The lowest BCUT2D eigenvalue weighted by atomic mass is 9.98. The third kappa shape index (κ3) is 3.08. The molecule has 0 saturated heterocycles. The van der Waals surface area contributed by atoms with Crippen LogP contribution < -0.4 is 5.32 Å². The van der Waals surface area contributed by atoms with Gasteiger partial charge in [0, 0.05) is 23.8 Å². The van der Waals surface area contributed by atoms with Crippen LogP contribution in [0.15, 0.2) is 66.7 Å². The van der Waals surface area contributed by atoms with Crippen molar-refractivity contribution in [3.8, 4) is 11.1 Å². The molecule has 3 aromatic carbocycles. The van der Waals surface area contributed by atoms with Crippen molar-refractivity contribution in [1.82, 2.24) is 5.32 Å². The summed E-state index contributed by atoms with van der Waals surface area (Å²) in [6.07, 6.45) is 0.990. The third-order valence-electron chi connectivity index (χ3n) is 6.13. The second-order valence-electron chi connectivity index (χ2n) is 7.96. The quantitative estimate of drug-likeness (QED) is 0.613. The fourth-order valence-corrected chi connectivity index (χ4v) is 4.98. The first-order chi connectivity index (χ1) is 14.6. The Kier molecular flexibility index (Phi) is 4.59. The molecule has 5 heteroatoms. The Bertz CT molecular complexity index is 1110. The SMILES string of the molecule is O=CC1(NC(=O)OCC2c3ccccc3-c3ccccc32)Cc2cccc(Cl)c2C1. The number of ether oxygens (including phenoxy) is 1. The molecule has 0 spiro atoms. The summed E-state index contributed by atoms with van der Waals surface area (Å²) in [5.41, 5.74) is 5.52. The number of carbonyl (C=O) groups excluding carboxylic acids is 2. The van der Waals surface area contributed by atoms with Crippen molar-refractivity contribution in [3.05, 3.63) is 94.0 Å². The van der Waals surface area contributed by atoms with Gasteiger partial charge in [-0.3, -0.25) is 0 Å². The number of benzene rings is 3. The van der Waals surface area contributed by atoms with Crippen LogP contribution in [0.25, 0.3) is 11.1 Å². The predicted octanol–water partition coefficient (Wildman–Crippen LogP) is 4.92. The Morgan fingerprint density at radius 3 is 2.30 bits per heavy atom. The van der Waals surface area contributed by atoms with Gasteiger partial charge in [-0.15, -0.1) is 0 Å². The summed E-state index contributed by atoms with van der Waals surface area (Å²) in [5, 5.41) is 3.42.